The van der Waals surface area contributed by atoms with Crippen molar-refractivity contribution in [2.24, 2.45) is 4.99 Å². The molecule has 0 spiro atoms. The van der Waals surface area contributed by atoms with Crippen LogP contribution in [0.25, 0.3) is 0 Å². The molecule has 0 amide bonds. The molecular formula is C7H10F3N3OS. The van der Waals surface area contributed by atoms with Gasteiger partial charge in [0.15, 0.2) is 11.4 Å². The second-order valence-electron chi connectivity index (χ2n) is 2.30. The Morgan fingerprint density at radius 2 is 2.27 bits per heavy atom. The van der Waals surface area contributed by atoms with Crippen molar-refractivity contribution in [1.29, 1.82) is 5.26 Å². The smallest absolute Gasteiger partial charge is 0.370 e. The van der Waals surface area contributed by atoms with Gasteiger partial charge in [0.05, 0.1) is 13.2 Å². The minimum atomic E-state index is -4.31. The van der Waals surface area contributed by atoms with Crippen LogP contribution in [-0.2, 0) is 4.74 Å². The third-order valence-electron chi connectivity index (χ3n) is 1.11. The van der Waals surface area contributed by atoms with Gasteiger partial charge in [-0.2, -0.15) is 18.4 Å². The van der Waals surface area contributed by atoms with Crippen molar-refractivity contribution in [3.63, 3.8) is 0 Å². The van der Waals surface area contributed by atoms with Gasteiger partial charge in [-0.3, -0.25) is 10.3 Å². The number of nitrogens with one attached hydrogen (secondary N) is 1. The van der Waals surface area contributed by atoms with Crippen LogP contribution in [0.5, 0.6) is 0 Å². The Labute approximate surface area is 89.5 Å². The van der Waals surface area contributed by atoms with Crippen molar-refractivity contribution in [1.82, 2.24) is 5.32 Å². The summed E-state index contributed by atoms with van der Waals surface area (Å²) in [6.45, 7) is -1.32. The summed E-state index contributed by atoms with van der Waals surface area (Å²) in [4.78, 5) is 3.81. The first-order chi connectivity index (χ1) is 6.99. The van der Waals surface area contributed by atoms with Crippen LogP contribution in [0.3, 0.4) is 0 Å². The Bertz CT molecular complexity index is 249. The number of hydrogen-bond acceptors (Lipinski definition) is 4. The Balaban J connectivity index is 3.64. The Morgan fingerprint density at radius 3 is 2.73 bits per heavy atom. The minimum Gasteiger partial charge on any atom is -0.370 e. The van der Waals surface area contributed by atoms with Crippen LogP contribution in [0.1, 0.15) is 0 Å². The van der Waals surface area contributed by atoms with Crippen molar-refractivity contribution >= 4 is 16.9 Å². The van der Waals surface area contributed by atoms with Crippen LogP contribution in [0.15, 0.2) is 4.99 Å². The molecule has 0 unspecified atom stereocenters. The third kappa shape index (κ3) is 9.37. The molecule has 0 saturated heterocycles. The maximum Gasteiger partial charge on any atom is 0.411 e. The molecule has 0 rings (SSSR count). The standard InChI is InChI=1S/C7H10F3N3OS/c1-15-6(13-5-11)12-2-3-14-4-7(8,9)10/h2-4H2,1H3,(H,12,13). The number of nitriles is 1. The summed E-state index contributed by atoms with van der Waals surface area (Å²) < 4.78 is 39.1. The number of nitrogens with zero attached hydrogens (tertiary/aromatic N) is 2. The second-order valence-corrected chi connectivity index (χ2v) is 3.09. The van der Waals surface area contributed by atoms with Gasteiger partial charge in [0.2, 0.25) is 0 Å². The maximum atomic E-state index is 11.6. The van der Waals surface area contributed by atoms with E-state index in [1.54, 1.807) is 12.4 Å². The van der Waals surface area contributed by atoms with Gasteiger partial charge in [-0.1, -0.05) is 11.8 Å². The summed E-state index contributed by atoms with van der Waals surface area (Å²) in [7, 11) is 0. The summed E-state index contributed by atoms with van der Waals surface area (Å²) in [6, 6.07) is 0. The zero-order valence-electron chi connectivity index (χ0n) is 7.97. The Morgan fingerprint density at radius 1 is 1.60 bits per heavy atom. The zero-order chi connectivity index (χ0) is 11.7. The first-order valence-electron chi connectivity index (χ1n) is 3.87. The molecule has 0 aromatic carbocycles. The van der Waals surface area contributed by atoms with E-state index >= 15 is 0 Å². The van der Waals surface area contributed by atoms with E-state index in [4.69, 9.17) is 5.26 Å². The van der Waals surface area contributed by atoms with Gasteiger partial charge in [0.25, 0.3) is 0 Å². The van der Waals surface area contributed by atoms with Gasteiger partial charge in [-0.15, -0.1) is 0 Å². The van der Waals surface area contributed by atoms with E-state index in [0.29, 0.717) is 5.17 Å². The largest absolute Gasteiger partial charge is 0.411 e. The highest BCUT2D eigenvalue weighted by Crippen LogP contribution is 2.14. The number of ether oxygens (including phenoxy) is 1. The molecule has 4 nitrogen and oxygen atoms in total. The molecule has 0 atom stereocenters. The fourth-order valence-corrected chi connectivity index (χ4v) is 0.971. The number of amidine groups is 1. The van der Waals surface area contributed by atoms with E-state index in [-0.39, 0.29) is 13.2 Å². The average molecular weight is 241 g/mol. The van der Waals surface area contributed by atoms with Gasteiger partial charge in [0.1, 0.15) is 6.61 Å². The Kier molecular flexibility index (Phi) is 6.90. The molecule has 86 valence electrons. The second kappa shape index (κ2) is 7.36. The topological polar surface area (TPSA) is 57.4 Å². The number of hydrogen-bond donors (Lipinski definition) is 1. The lowest BCUT2D eigenvalue weighted by molar-refractivity contribution is -0.173. The SMILES string of the molecule is CSC(=NCCOCC(F)(F)F)NC#N. The van der Waals surface area contributed by atoms with Crippen molar-refractivity contribution < 1.29 is 17.9 Å². The van der Waals surface area contributed by atoms with E-state index in [0.717, 1.165) is 0 Å². The molecule has 0 aliphatic carbocycles. The van der Waals surface area contributed by atoms with Gasteiger partial charge in [-0.05, 0) is 6.26 Å². The highest BCUT2D eigenvalue weighted by molar-refractivity contribution is 8.13. The molecule has 0 aliphatic rings. The number of halogens is 3. The lowest BCUT2D eigenvalue weighted by Crippen LogP contribution is -2.19. The van der Waals surface area contributed by atoms with Crippen LogP contribution in [0.2, 0.25) is 0 Å². The first kappa shape index (κ1) is 14.1. The first-order valence-corrected chi connectivity index (χ1v) is 5.10. The van der Waals surface area contributed by atoms with Gasteiger partial charge in [-0.25, -0.2) is 0 Å². The summed E-state index contributed by atoms with van der Waals surface area (Å²) in [6.07, 6.45) is -0.953. The number of aliphatic imine (C=N–C) groups is 1. The normalized spacial score (nSPS) is 12.3. The molecular weight excluding hydrogens is 231 g/mol. The van der Waals surface area contributed by atoms with Crippen LogP contribution in [0, 0.1) is 11.5 Å². The summed E-state index contributed by atoms with van der Waals surface area (Å²) in [5.41, 5.74) is 0. The molecule has 8 heteroatoms. The van der Waals surface area contributed by atoms with Crippen molar-refractivity contribution in [3.8, 4) is 6.19 Å². The van der Waals surface area contributed by atoms with E-state index in [1.807, 2.05) is 0 Å². The number of thioether (sulfide) groups is 1. The van der Waals surface area contributed by atoms with E-state index < -0.39 is 12.8 Å². The molecule has 0 radical (unpaired) electrons. The van der Waals surface area contributed by atoms with Gasteiger partial charge >= 0.3 is 6.18 Å². The van der Waals surface area contributed by atoms with Crippen LogP contribution in [-0.4, -0.2) is 37.4 Å². The average Bonchev–Trinajstić information content (AvgIpc) is 2.14. The van der Waals surface area contributed by atoms with Crippen LogP contribution in [0.4, 0.5) is 13.2 Å². The molecule has 0 aliphatic heterocycles. The van der Waals surface area contributed by atoms with Crippen LogP contribution < -0.4 is 5.32 Å². The fraction of sp³-hybridized carbons (Fsp3) is 0.714. The van der Waals surface area contributed by atoms with E-state index in [2.05, 4.69) is 15.0 Å². The minimum absolute atomic E-state index is 0.0843. The summed E-state index contributed by atoms with van der Waals surface area (Å²) in [5.74, 6) is 0. The highest BCUT2D eigenvalue weighted by atomic mass is 32.2. The number of rotatable bonds is 4. The Hall–Kier alpha value is -0.940. The van der Waals surface area contributed by atoms with Crippen molar-refractivity contribution in [2.75, 3.05) is 26.0 Å². The number of alkyl halides is 3. The van der Waals surface area contributed by atoms with Gasteiger partial charge < -0.3 is 4.74 Å². The molecule has 0 fully saturated rings. The predicted molar refractivity (Wildman–Crippen MR) is 51.4 cm³/mol. The molecule has 0 bridgehead atoms. The van der Waals surface area contributed by atoms with Gasteiger partial charge in [0, 0.05) is 0 Å². The molecule has 0 saturated carbocycles. The van der Waals surface area contributed by atoms with Crippen molar-refractivity contribution in [2.45, 2.75) is 6.18 Å². The monoisotopic (exact) mass is 241 g/mol. The van der Waals surface area contributed by atoms with E-state index in [9.17, 15) is 13.2 Å². The third-order valence-corrected chi connectivity index (χ3v) is 1.73. The summed E-state index contributed by atoms with van der Waals surface area (Å²) in [5, 5.41) is 10.9. The fourth-order valence-electron chi connectivity index (χ4n) is 0.603. The molecule has 0 aromatic rings. The lowest BCUT2D eigenvalue weighted by Gasteiger charge is -2.06. The lowest BCUT2D eigenvalue weighted by atomic mass is 10.6. The quantitative estimate of drug-likeness (QED) is 0.265. The zero-order valence-corrected chi connectivity index (χ0v) is 8.78. The molecule has 0 aromatic heterocycles. The van der Waals surface area contributed by atoms with E-state index in [1.165, 1.54) is 11.8 Å². The molecule has 15 heavy (non-hydrogen) atoms. The highest BCUT2D eigenvalue weighted by Gasteiger charge is 2.27. The molecule has 0 heterocycles. The van der Waals surface area contributed by atoms with Crippen LogP contribution >= 0.6 is 11.8 Å². The maximum absolute atomic E-state index is 11.6. The molecule has 1 N–H and O–H groups in total. The van der Waals surface area contributed by atoms with Crippen molar-refractivity contribution in [3.05, 3.63) is 0 Å². The summed E-state index contributed by atoms with van der Waals surface area (Å²) >= 11 is 1.20. The predicted octanol–water partition coefficient (Wildman–Crippen LogP) is 1.35.